The lowest BCUT2D eigenvalue weighted by Gasteiger charge is -2.24. The summed E-state index contributed by atoms with van der Waals surface area (Å²) in [6, 6.07) is 3.93. The van der Waals surface area contributed by atoms with Crippen molar-refractivity contribution in [3.8, 4) is 0 Å². The van der Waals surface area contributed by atoms with Gasteiger partial charge in [-0.15, -0.1) is 0 Å². The van der Waals surface area contributed by atoms with Gasteiger partial charge < -0.3 is 9.64 Å². The van der Waals surface area contributed by atoms with E-state index >= 15 is 0 Å². The quantitative estimate of drug-likeness (QED) is 0.732. The molecule has 116 valence electrons. The van der Waals surface area contributed by atoms with Crippen LogP contribution in [0.2, 0.25) is 0 Å². The smallest absolute Gasteiger partial charge is 0.307 e. The lowest BCUT2D eigenvalue weighted by atomic mass is 10.1. The molecule has 4 nitrogen and oxygen atoms in total. The molecule has 6 heteroatoms. The van der Waals surface area contributed by atoms with E-state index in [9.17, 15) is 14.0 Å². The van der Waals surface area contributed by atoms with Gasteiger partial charge in [0.25, 0.3) is 5.91 Å². The number of amides is 1. The molecular formula is C15H19BrFNO3. The highest BCUT2D eigenvalue weighted by atomic mass is 79.9. The normalized spacial score (nSPS) is 10.6. The van der Waals surface area contributed by atoms with Crippen molar-refractivity contribution in [2.45, 2.75) is 20.3 Å². The number of benzene rings is 1. The van der Waals surface area contributed by atoms with Gasteiger partial charge in [-0.3, -0.25) is 9.59 Å². The lowest BCUT2D eigenvalue weighted by molar-refractivity contribution is -0.140. The van der Waals surface area contributed by atoms with Crippen molar-refractivity contribution in [1.82, 2.24) is 4.90 Å². The molecule has 0 unspecified atom stereocenters. The molecule has 0 spiro atoms. The van der Waals surface area contributed by atoms with E-state index in [0.29, 0.717) is 16.6 Å². The summed E-state index contributed by atoms with van der Waals surface area (Å²) < 4.78 is 18.1. The monoisotopic (exact) mass is 359 g/mol. The fraction of sp³-hybridized carbons (Fsp3) is 0.467. The minimum atomic E-state index is -0.414. The third-order valence-electron chi connectivity index (χ3n) is 2.85. The van der Waals surface area contributed by atoms with Crippen molar-refractivity contribution in [2.24, 2.45) is 5.92 Å². The Bertz CT molecular complexity index is 520. The molecule has 0 heterocycles. The predicted octanol–water partition coefficient (Wildman–Crippen LogP) is 3.25. The summed E-state index contributed by atoms with van der Waals surface area (Å²) in [6.07, 6.45) is 0.133. The van der Waals surface area contributed by atoms with Crippen molar-refractivity contribution >= 4 is 27.8 Å². The molecule has 0 aliphatic rings. The molecule has 0 saturated heterocycles. The molecule has 1 rings (SSSR count). The van der Waals surface area contributed by atoms with E-state index in [1.165, 1.54) is 25.3 Å². The maximum Gasteiger partial charge on any atom is 0.307 e. The van der Waals surface area contributed by atoms with Crippen LogP contribution in [0.15, 0.2) is 22.7 Å². The number of halogens is 2. The molecular weight excluding hydrogens is 341 g/mol. The van der Waals surface area contributed by atoms with Crippen molar-refractivity contribution in [1.29, 1.82) is 0 Å². The van der Waals surface area contributed by atoms with Crippen molar-refractivity contribution < 1.29 is 18.7 Å². The molecule has 1 amide bonds. The molecule has 0 aliphatic carbocycles. The van der Waals surface area contributed by atoms with Crippen LogP contribution >= 0.6 is 15.9 Å². The Hall–Kier alpha value is -1.43. The first-order valence-electron chi connectivity index (χ1n) is 6.66. The summed E-state index contributed by atoms with van der Waals surface area (Å²) >= 11 is 3.20. The second-order valence-corrected chi connectivity index (χ2v) is 5.95. The number of rotatable bonds is 6. The van der Waals surface area contributed by atoms with Crippen LogP contribution in [0, 0.1) is 11.7 Å². The number of nitrogens with zero attached hydrogens (tertiary/aromatic N) is 1. The Labute approximate surface area is 132 Å². The lowest BCUT2D eigenvalue weighted by Crippen LogP contribution is -2.36. The van der Waals surface area contributed by atoms with Gasteiger partial charge in [-0.1, -0.05) is 13.8 Å². The third kappa shape index (κ3) is 5.46. The zero-order chi connectivity index (χ0) is 16.0. The first-order valence-corrected chi connectivity index (χ1v) is 7.45. The zero-order valence-electron chi connectivity index (χ0n) is 12.4. The first kappa shape index (κ1) is 17.6. The van der Waals surface area contributed by atoms with Crippen LogP contribution in [0.25, 0.3) is 0 Å². The van der Waals surface area contributed by atoms with Gasteiger partial charge in [-0.05, 0) is 40.0 Å². The Balaban J connectivity index is 2.90. The van der Waals surface area contributed by atoms with Crippen LogP contribution in [0.1, 0.15) is 30.6 Å². The van der Waals surface area contributed by atoms with E-state index in [4.69, 9.17) is 0 Å². The van der Waals surface area contributed by atoms with Gasteiger partial charge in [0, 0.05) is 17.6 Å². The van der Waals surface area contributed by atoms with Gasteiger partial charge in [-0.2, -0.15) is 0 Å². The number of carbonyl (C=O) groups is 2. The minimum Gasteiger partial charge on any atom is -0.469 e. The number of carbonyl (C=O) groups excluding carboxylic acids is 2. The summed E-state index contributed by atoms with van der Waals surface area (Å²) in [4.78, 5) is 25.4. The van der Waals surface area contributed by atoms with Gasteiger partial charge in [0.05, 0.1) is 19.1 Å². The van der Waals surface area contributed by atoms with E-state index in [2.05, 4.69) is 20.7 Å². The SMILES string of the molecule is COC(=O)CCN(CC(C)C)C(=O)c1ccc(F)cc1Br. The highest BCUT2D eigenvalue weighted by Gasteiger charge is 2.20. The van der Waals surface area contributed by atoms with Gasteiger partial charge >= 0.3 is 5.97 Å². The van der Waals surface area contributed by atoms with E-state index in [1.807, 2.05) is 13.8 Å². The average Bonchev–Trinajstić information content (AvgIpc) is 2.42. The van der Waals surface area contributed by atoms with E-state index in [1.54, 1.807) is 4.90 Å². The molecule has 0 atom stereocenters. The van der Waals surface area contributed by atoms with Crippen LogP contribution in [-0.2, 0) is 9.53 Å². The van der Waals surface area contributed by atoms with E-state index in [-0.39, 0.29) is 30.8 Å². The van der Waals surface area contributed by atoms with Gasteiger partial charge in [-0.25, -0.2) is 4.39 Å². The highest BCUT2D eigenvalue weighted by Crippen LogP contribution is 2.20. The van der Waals surface area contributed by atoms with Crippen molar-refractivity contribution in [2.75, 3.05) is 20.2 Å². The van der Waals surface area contributed by atoms with Crippen LogP contribution in [0.3, 0.4) is 0 Å². The van der Waals surface area contributed by atoms with Crippen LogP contribution in [0.5, 0.6) is 0 Å². The van der Waals surface area contributed by atoms with Gasteiger partial charge in [0.15, 0.2) is 0 Å². The molecule has 0 fully saturated rings. The molecule has 1 aromatic carbocycles. The molecule has 0 radical (unpaired) electrons. The molecule has 0 saturated carbocycles. The molecule has 0 N–H and O–H groups in total. The average molecular weight is 360 g/mol. The van der Waals surface area contributed by atoms with Crippen molar-refractivity contribution in [3.63, 3.8) is 0 Å². The largest absolute Gasteiger partial charge is 0.469 e. The molecule has 21 heavy (non-hydrogen) atoms. The zero-order valence-corrected chi connectivity index (χ0v) is 13.9. The Morgan fingerprint density at radius 2 is 2.05 bits per heavy atom. The van der Waals surface area contributed by atoms with Crippen molar-refractivity contribution in [3.05, 3.63) is 34.1 Å². The Morgan fingerprint density at radius 3 is 2.57 bits per heavy atom. The Morgan fingerprint density at radius 1 is 1.38 bits per heavy atom. The minimum absolute atomic E-state index is 0.133. The van der Waals surface area contributed by atoms with E-state index < -0.39 is 5.82 Å². The summed E-state index contributed by atoms with van der Waals surface area (Å²) in [5, 5.41) is 0. The fourth-order valence-electron chi connectivity index (χ4n) is 1.88. The fourth-order valence-corrected chi connectivity index (χ4v) is 2.40. The number of esters is 1. The second-order valence-electron chi connectivity index (χ2n) is 5.10. The number of ether oxygens (including phenoxy) is 1. The summed E-state index contributed by atoms with van der Waals surface area (Å²) in [5.41, 5.74) is 0.377. The maximum absolute atomic E-state index is 13.1. The first-order chi connectivity index (χ1) is 9.85. The Kier molecular flexibility index (Phi) is 6.81. The standard InChI is InChI=1S/C15H19BrFNO3/c1-10(2)9-18(7-6-14(19)21-3)15(20)12-5-4-11(17)8-13(12)16/h4-5,8,10H,6-7,9H2,1-3H3. The number of methoxy groups -OCH3 is 1. The van der Waals surface area contributed by atoms with Crippen LogP contribution in [0.4, 0.5) is 4.39 Å². The molecule has 0 aliphatic heterocycles. The maximum atomic E-state index is 13.1. The van der Waals surface area contributed by atoms with Gasteiger partial charge in [0.2, 0.25) is 0 Å². The van der Waals surface area contributed by atoms with Gasteiger partial charge in [0.1, 0.15) is 5.82 Å². The molecule has 0 aromatic heterocycles. The van der Waals surface area contributed by atoms with Crippen LogP contribution in [-0.4, -0.2) is 37.0 Å². The summed E-state index contributed by atoms with van der Waals surface area (Å²) in [6.45, 7) is 4.75. The molecule has 1 aromatic rings. The number of hydrogen-bond donors (Lipinski definition) is 0. The van der Waals surface area contributed by atoms with Crippen LogP contribution < -0.4 is 0 Å². The number of hydrogen-bond acceptors (Lipinski definition) is 3. The summed E-state index contributed by atoms with van der Waals surface area (Å²) in [5.74, 6) is -0.761. The highest BCUT2D eigenvalue weighted by molar-refractivity contribution is 9.10. The second kappa shape index (κ2) is 8.12. The third-order valence-corrected chi connectivity index (χ3v) is 3.50. The van der Waals surface area contributed by atoms with E-state index in [0.717, 1.165) is 0 Å². The summed E-state index contributed by atoms with van der Waals surface area (Å²) in [7, 11) is 1.31. The predicted molar refractivity (Wildman–Crippen MR) is 81.5 cm³/mol. The topological polar surface area (TPSA) is 46.6 Å². The molecule has 0 bridgehead atoms.